The molecule has 340 valence electrons. The van der Waals surface area contributed by atoms with Gasteiger partial charge in [0.15, 0.2) is 11.6 Å². The molecule has 3 aromatic heterocycles. The minimum absolute atomic E-state index is 0.0269. The van der Waals surface area contributed by atoms with Crippen molar-refractivity contribution in [2.24, 2.45) is 0 Å². The Morgan fingerprint density at radius 1 is 0.894 bits per heavy atom. The Labute approximate surface area is 385 Å². The van der Waals surface area contributed by atoms with Gasteiger partial charge in [0.25, 0.3) is 0 Å². The summed E-state index contributed by atoms with van der Waals surface area (Å²) in [4.78, 5) is 41.1. The second kappa shape index (κ2) is 19.6. The minimum atomic E-state index is -1.50. The van der Waals surface area contributed by atoms with E-state index in [1.165, 1.54) is 34.8 Å². The number of hydrogen-bond donors (Lipinski definition) is 5. The second-order valence-electron chi connectivity index (χ2n) is 15.7. The highest BCUT2D eigenvalue weighted by molar-refractivity contribution is 7.22. The third-order valence-electron chi connectivity index (χ3n) is 11.5. The van der Waals surface area contributed by atoms with Crippen LogP contribution in [-0.4, -0.2) is 117 Å². The summed E-state index contributed by atoms with van der Waals surface area (Å²) in [6.45, 7) is 3.82. The molecule has 20 heteroatoms. The van der Waals surface area contributed by atoms with Crippen LogP contribution in [-0.2, 0) is 30.9 Å². The van der Waals surface area contributed by atoms with E-state index in [2.05, 4.69) is 34.6 Å². The number of aromatic hydroxyl groups is 1. The average Bonchev–Trinajstić information content (AvgIpc) is 3.72. The molecule has 4 aromatic carbocycles. The van der Waals surface area contributed by atoms with Crippen molar-refractivity contribution < 1.29 is 49.4 Å². The summed E-state index contributed by atoms with van der Waals surface area (Å²) in [5, 5.41) is 53.3. The molecule has 7 aromatic rings. The predicted octanol–water partition coefficient (Wildman–Crippen LogP) is 7.41. The number of aromatic nitrogens is 4. The van der Waals surface area contributed by atoms with Crippen molar-refractivity contribution >= 4 is 39.1 Å². The molecule has 66 heavy (non-hydrogen) atoms. The molecule has 1 saturated heterocycles. The van der Waals surface area contributed by atoms with Crippen LogP contribution in [0.1, 0.15) is 22.4 Å². The molecule has 0 amide bonds. The number of hydrazine groups is 1. The van der Waals surface area contributed by atoms with Gasteiger partial charge in [0.05, 0.1) is 21.7 Å². The molecular formula is C46H42ClFN8O9S. The van der Waals surface area contributed by atoms with Gasteiger partial charge in [-0.15, -0.1) is 11.3 Å². The Balaban J connectivity index is 1.12. The number of phenolic OH excluding ortho intramolecular Hbond substituents is 1. The molecule has 0 saturated carbocycles. The van der Waals surface area contributed by atoms with Gasteiger partial charge in [-0.3, -0.25) is 20.2 Å². The standard InChI is InChI=1S/C46H42ClFN8O9S/c47-40-29-8-11-34(41(40)57)38-39-44(50-26-51-45(39)66-42(38)28-6-9-31(48)10-7-28)64-37(46(58)59)22-30-21-27(23-54(24-29)16-15-53-17-19-55(20-18-53)56(60)61)5-12-35(30)63-25-32-13-14-49-43(52-32)33-3-1-2-4-36(33)65-62/h1-14,21,26,37,57,60-62H,15-20,22-25H2,(H,58,59)/t37-/m1/s1. The summed E-state index contributed by atoms with van der Waals surface area (Å²) in [6, 6.07) is 23.4. The van der Waals surface area contributed by atoms with Crippen molar-refractivity contribution in [1.82, 2.24) is 40.1 Å². The number of benzene rings is 4. The lowest BCUT2D eigenvalue weighted by atomic mass is 9.97. The molecule has 3 aliphatic heterocycles. The van der Waals surface area contributed by atoms with Gasteiger partial charge < -0.3 is 24.6 Å². The van der Waals surface area contributed by atoms with E-state index in [1.54, 1.807) is 60.8 Å². The number of nitrogens with zero attached hydrogens (tertiary/aromatic N) is 8. The SMILES string of the molecule is O=C(O)[C@H]1Cc2cc(ccc2OCc2ccnc(-c3ccccc3OO)n2)CN(CCN2CCN(N(O)O)CC2)Cc2ccc(c(O)c2Cl)-c2c(-c3ccc(F)cc3)sc3ncnc(c23)O1. The normalized spacial score (nSPS) is 16.1. The molecule has 0 unspecified atom stereocenters. The molecular weight excluding hydrogens is 895 g/mol. The first-order valence-electron chi connectivity index (χ1n) is 20.8. The van der Waals surface area contributed by atoms with Crippen molar-refractivity contribution in [1.29, 1.82) is 0 Å². The largest absolute Gasteiger partial charge is 0.506 e. The van der Waals surface area contributed by atoms with E-state index in [9.17, 15) is 35.1 Å². The van der Waals surface area contributed by atoms with Crippen LogP contribution in [0.5, 0.6) is 23.1 Å². The van der Waals surface area contributed by atoms with E-state index in [0.29, 0.717) is 118 Å². The van der Waals surface area contributed by atoms with Gasteiger partial charge in [0, 0.05) is 86.3 Å². The van der Waals surface area contributed by atoms with Crippen molar-refractivity contribution in [3.8, 4) is 56.1 Å². The Morgan fingerprint density at radius 3 is 2.45 bits per heavy atom. The van der Waals surface area contributed by atoms with Crippen LogP contribution in [0, 0.1) is 5.82 Å². The fourth-order valence-electron chi connectivity index (χ4n) is 8.16. The van der Waals surface area contributed by atoms with Crippen molar-refractivity contribution in [2.75, 3.05) is 39.3 Å². The van der Waals surface area contributed by atoms with Crippen LogP contribution in [0.15, 0.2) is 97.5 Å². The lowest BCUT2D eigenvalue weighted by Crippen LogP contribution is -2.52. The Hall–Kier alpha value is -6.39. The van der Waals surface area contributed by atoms with Crippen molar-refractivity contribution in [2.45, 2.75) is 32.2 Å². The number of carbonyl (C=O) groups is 1. The molecule has 17 nitrogen and oxygen atoms in total. The number of fused-ring (bicyclic) bond motifs is 6. The maximum Gasteiger partial charge on any atom is 0.345 e. The number of hydrogen-bond acceptors (Lipinski definition) is 17. The van der Waals surface area contributed by atoms with Gasteiger partial charge in [0.2, 0.25) is 12.0 Å². The highest BCUT2D eigenvalue weighted by atomic mass is 35.5. The predicted molar refractivity (Wildman–Crippen MR) is 240 cm³/mol. The summed E-state index contributed by atoms with van der Waals surface area (Å²) in [5.74, 6) is -1.12. The number of ether oxygens (including phenoxy) is 2. The van der Waals surface area contributed by atoms with E-state index >= 15 is 0 Å². The highest BCUT2D eigenvalue weighted by Gasteiger charge is 2.30. The van der Waals surface area contributed by atoms with Crippen molar-refractivity contribution in [3.63, 3.8) is 0 Å². The van der Waals surface area contributed by atoms with Crippen LogP contribution >= 0.6 is 22.9 Å². The van der Waals surface area contributed by atoms with Crippen LogP contribution in [0.2, 0.25) is 5.02 Å². The first-order chi connectivity index (χ1) is 32.0. The van der Waals surface area contributed by atoms with Crippen LogP contribution in [0.4, 0.5) is 4.39 Å². The van der Waals surface area contributed by atoms with Crippen molar-refractivity contribution in [3.05, 3.63) is 131 Å². The van der Waals surface area contributed by atoms with Gasteiger partial charge in [-0.25, -0.2) is 34.4 Å². The molecule has 6 heterocycles. The number of aliphatic carboxylic acids is 1. The number of piperazine rings is 1. The van der Waals surface area contributed by atoms with E-state index in [0.717, 1.165) is 5.56 Å². The van der Waals surface area contributed by atoms with Gasteiger partial charge in [0.1, 0.15) is 35.1 Å². The zero-order valence-electron chi connectivity index (χ0n) is 35.0. The fraction of sp³-hybridized carbons (Fsp3) is 0.239. The summed E-state index contributed by atoms with van der Waals surface area (Å²) >= 11 is 8.34. The molecule has 0 spiro atoms. The quantitative estimate of drug-likeness (QED) is 0.0631. The smallest absolute Gasteiger partial charge is 0.345 e. The zero-order chi connectivity index (χ0) is 45.9. The number of halogens is 2. The fourth-order valence-corrected chi connectivity index (χ4v) is 9.54. The number of carboxylic acid groups (broad SMARTS) is 1. The second-order valence-corrected chi connectivity index (χ2v) is 17.1. The lowest BCUT2D eigenvalue weighted by Gasteiger charge is -2.36. The van der Waals surface area contributed by atoms with Crippen LogP contribution < -0.4 is 14.4 Å². The molecule has 1 fully saturated rings. The number of para-hydroxylation sites is 1. The van der Waals surface area contributed by atoms with Gasteiger partial charge in [-0.05, 0) is 58.7 Å². The number of carboxylic acids is 1. The Kier molecular flexibility index (Phi) is 13.3. The van der Waals surface area contributed by atoms with E-state index in [-0.39, 0.29) is 40.8 Å². The van der Waals surface area contributed by atoms with E-state index < -0.39 is 17.9 Å². The molecule has 1 atom stereocenters. The van der Waals surface area contributed by atoms with Crippen LogP contribution in [0.3, 0.4) is 0 Å². The van der Waals surface area contributed by atoms with E-state index in [1.807, 2.05) is 18.2 Å². The molecule has 4 bridgehead atoms. The van der Waals surface area contributed by atoms with Crippen LogP contribution in [0.25, 0.3) is 43.2 Å². The third kappa shape index (κ3) is 9.61. The third-order valence-corrected chi connectivity index (χ3v) is 13.1. The molecule has 10 rings (SSSR count). The van der Waals surface area contributed by atoms with Gasteiger partial charge in [-0.1, -0.05) is 60.1 Å². The zero-order valence-corrected chi connectivity index (χ0v) is 36.6. The molecule has 5 N–H and O–H groups in total. The van der Waals surface area contributed by atoms with Gasteiger partial charge >= 0.3 is 5.97 Å². The topological polar surface area (TPSA) is 210 Å². The Morgan fingerprint density at radius 2 is 1.68 bits per heavy atom. The maximum absolute atomic E-state index is 14.2. The van der Waals surface area contributed by atoms with Gasteiger partial charge in [-0.2, -0.15) is 5.01 Å². The number of phenols is 1. The maximum atomic E-state index is 14.2. The summed E-state index contributed by atoms with van der Waals surface area (Å²) < 4.78 is 27.0. The molecule has 0 aliphatic carbocycles. The highest BCUT2D eigenvalue weighted by Crippen LogP contribution is 2.51. The summed E-state index contributed by atoms with van der Waals surface area (Å²) in [6.07, 6.45) is 1.18. The first kappa shape index (κ1) is 44.8. The average molecular weight is 937 g/mol. The minimum Gasteiger partial charge on any atom is -0.506 e. The van der Waals surface area contributed by atoms with E-state index in [4.69, 9.17) is 21.1 Å². The first-order valence-corrected chi connectivity index (χ1v) is 22.0. The molecule has 0 radical (unpaired) electrons. The molecule has 3 aliphatic rings. The monoisotopic (exact) mass is 936 g/mol. The summed E-state index contributed by atoms with van der Waals surface area (Å²) in [5.41, 5.74) is 4.32. The lowest BCUT2D eigenvalue weighted by molar-refractivity contribution is -0.421. The summed E-state index contributed by atoms with van der Waals surface area (Å²) in [7, 11) is 0. The number of thiophene rings is 1. The Bertz CT molecular complexity index is 2890. The number of rotatable bonds is 11.